The second-order valence-electron chi connectivity index (χ2n) is 4.99. The third-order valence-corrected chi connectivity index (χ3v) is 3.07. The Balaban J connectivity index is 1.68. The summed E-state index contributed by atoms with van der Waals surface area (Å²) in [7, 11) is 4.00. The summed E-state index contributed by atoms with van der Waals surface area (Å²) in [5.41, 5.74) is 0. The third kappa shape index (κ3) is 4.11. The summed E-state index contributed by atoms with van der Waals surface area (Å²) in [4.78, 5) is 6.37. The number of hydrogen-bond donors (Lipinski definition) is 2. The molecule has 96 valence electrons. The molecule has 0 radical (unpaired) electrons. The van der Waals surface area contributed by atoms with Gasteiger partial charge in [0.05, 0.1) is 12.6 Å². The predicted octanol–water partition coefficient (Wildman–Crippen LogP) is -0.0352. The number of aromatic nitrogens is 2. The minimum Gasteiger partial charge on any atom is -0.390 e. The first-order valence-electron chi connectivity index (χ1n) is 6.21. The molecule has 1 aliphatic rings. The lowest BCUT2D eigenvalue weighted by Crippen LogP contribution is -2.37. The Bertz CT molecular complexity index is 348. The molecule has 0 spiro atoms. The lowest BCUT2D eigenvalue weighted by molar-refractivity contribution is 0.119. The molecule has 17 heavy (non-hydrogen) atoms. The van der Waals surface area contributed by atoms with Crippen LogP contribution >= 0.6 is 0 Å². The highest BCUT2D eigenvalue weighted by Crippen LogP contribution is 2.18. The van der Waals surface area contributed by atoms with Crippen LogP contribution < -0.4 is 5.32 Å². The molecule has 1 unspecified atom stereocenters. The van der Waals surface area contributed by atoms with E-state index in [0.717, 1.165) is 12.4 Å². The Hall–Kier alpha value is -0.910. The summed E-state index contributed by atoms with van der Waals surface area (Å²) >= 11 is 0. The largest absolute Gasteiger partial charge is 0.390 e. The Morgan fingerprint density at radius 1 is 1.65 bits per heavy atom. The van der Waals surface area contributed by atoms with Gasteiger partial charge in [0.2, 0.25) is 0 Å². The topological polar surface area (TPSA) is 53.3 Å². The number of aliphatic hydroxyl groups excluding tert-OH is 1. The zero-order valence-corrected chi connectivity index (χ0v) is 10.6. The quantitative estimate of drug-likeness (QED) is 0.700. The van der Waals surface area contributed by atoms with Crippen LogP contribution in [0.5, 0.6) is 0 Å². The molecule has 0 saturated heterocycles. The van der Waals surface area contributed by atoms with Crippen molar-refractivity contribution in [2.24, 2.45) is 7.05 Å². The van der Waals surface area contributed by atoms with Crippen molar-refractivity contribution in [3.05, 3.63) is 18.2 Å². The van der Waals surface area contributed by atoms with Crippen molar-refractivity contribution in [1.82, 2.24) is 19.8 Å². The Morgan fingerprint density at radius 2 is 2.41 bits per heavy atom. The van der Waals surface area contributed by atoms with E-state index in [2.05, 4.69) is 15.2 Å². The lowest BCUT2D eigenvalue weighted by atomic mass is 10.3. The Kier molecular flexibility index (Phi) is 4.15. The molecule has 1 saturated carbocycles. The van der Waals surface area contributed by atoms with Crippen LogP contribution in [0.2, 0.25) is 0 Å². The van der Waals surface area contributed by atoms with Crippen molar-refractivity contribution >= 4 is 0 Å². The van der Waals surface area contributed by atoms with Gasteiger partial charge in [0.1, 0.15) is 5.82 Å². The van der Waals surface area contributed by atoms with Crippen LogP contribution in [0.15, 0.2) is 12.4 Å². The Morgan fingerprint density at radius 3 is 3.00 bits per heavy atom. The van der Waals surface area contributed by atoms with E-state index in [1.807, 2.05) is 24.9 Å². The van der Waals surface area contributed by atoms with Gasteiger partial charge in [-0.15, -0.1) is 0 Å². The maximum atomic E-state index is 9.86. The smallest absolute Gasteiger partial charge is 0.122 e. The van der Waals surface area contributed by atoms with Crippen molar-refractivity contribution < 1.29 is 5.11 Å². The van der Waals surface area contributed by atoms with Gasteiger partial charge in [-0.1, -0.05) is 0 Å². The number of hydrogen-bond acceptors (Lipinski definition) is 4. The molecule has 0 bridgehead atoms. The van der Waals surface area contributed by atoms with Gasteiger partial charge in [0.15, 0.2) is 0 Å². The average molecular weight is 238 g/mol. The molecule has 0 aliphatic heterocycles. The summed E-state index contributed by atoms with van der Waals surface area (Å²) in [6.07, 6.45) is 5.95. The molecule has 1 aromatic heterocycles. The van der Waals surface area contributed by atoms with Gasteiger partial charge in [-0.05, 0) is 19.9 Å². The summed E-state index contributed by atoms with van der Waals surface area (Å²) in [5, 5.41) is 13.2. The van der Waals surface area contributed by atoms with Gasteiger partial charge in [-0.25, -0.2) is 4.98 Å². The van der Waals surface area contributed by atoms with E-state index in [1.54, 1.807) is 6.20 Å². The summed E-state index contributed by atoms with van der Waals surface area (Å²) in [6, 6.07) is 0.657. The number of likely N-dealkylation sites (N-methyl/N-ethyl adjacent to an activating group) is 1. The number of nitrogens with one attached hydrogen (secondary N) is 1. The number of rotatable bonds is 7. The third-order valence-electron chi connectivity index (χ3n) is 3.07. The molecule has 1 aromatic rings. The first-order chi connectivity index (χ1) is 8.15. The first kappa shape index (κ1) is 12.5. The molecule has 2 rings (SSSR count). The van der Waals surface area contributed by atoms with Crippen molar-refractivity contribution in [1.29, 1.82) is 0 Å². The molecule has 5 nitrogen and oxygen atoms in total. The molecule has 2 N–H and O–H groups in total. The number of nitrogens with zero attached hydrogens (tertiary/aromatic N) is 3. The molecule has 1 atom stereocenters. The molecule has 1 aliphatic carbocycles. The molecule has 1 fully saturated rings. The van der Waals surface area contributed by atoms with E-state index in [-0.39, 0.29) is 6.10 Å². The van der Waals surface area contributed by atoms with Gasteiger partial charge >= 0.3 is 0 Å². The fraction of sp³-hybridized carbons (Fsp3) is 0.750. The van der Waals surface area contributed by atoms with Crippen molar-refractivity contribution in [3.8, 4) is 0 Å². The van der Waals surface area contributed by atoms with E-state index < -0.39 is 0 Å². The van der Waals surface area contributed by atoms with E-state index in [9.17, 15) is 5.11 Å². The standard InChI is InChI=1S/C12H22N4O/c1-15(9-12-13-5-6-16(12)2)8-11(17)7-14-10-3-4-10/h5-6,10-11,14,17H,3-4,7-9H2,1-2H3. The number of imidazole rings is 1. The van der Waals surface area contributed by atoms with Crippen LogP contribution in [0.25, 0.3) is 0 Å². The van der Waals surface area contributed by atoms with Crippen LogP contribution in [-0.2, 0) is 13.6 Å². The maximum absolute atomic E-state index is 9.86. The van der Waals surface area contributed by atoms with Gasteiger partial charge < -0.3 is 15.0 Å². The van der Waals surface area contributed by atoms with Gasteiger partial charge in [-0.2, -0.15) is 0 Å². The molecule has 1 heterocycles. The molecule has 5 heteroatoms. The SMILES string of the molecule is CN(Cc1nccn1C)CC(O)CNC1CC1. The van der Waals surface area contributed by atoms with Crippen molar-refractivity contribution in [2.45, 2.75) is 31.5 Å². The minimum absolute atomic E-state index is 0.305. The number of aryl methyl sites for hydroxylation is 1. The second kappa shape index (κ2) is 5.62. The summed E-state index contributed by atoms with van der Waals surface area (Å²) < 4.78 is 2.01. The summed E-state index contributed by atoms with van der Waals surface area (Å²) in [5.74, 6) is 1.02. The van der Waals surface area contributed by atoms with Crippen LogP contribution in [0.4, 0.5) is 0 Å². The van der Waals surface area contributed by atoms with Gasteiger partial charge in [0, 0.05) is 38.6 Å². The maximum Gasteiger partial charge on any atom is 0.122 e. The van der Waals surface area contributed by atoms with Crippen molar-refractivity contribution in [3.63, 3.8) is 0 Å². The second-order valence-corrected chi connectivity index (χ2v) is 4.99. The fourth-order valence-electron chi connectivity index (χ4n) is 1.87. The predicted molar refractivity (Wildman–Crippen MR) is 66.6 cm³/mol. The average Bonchev–Trinajstić information content (AvgIpc) is 3.02. The lowest BCUT2D eigenvalue weighted by Gasteiger charge is -2.20. The van der Waals surface area contributed by atoms with Crippen LogP contribution in [0, 0.1) is 0 Å². The molecular formula is C12H22N4O. The normalized spacial score (nSPS) is 17.6. The fourth-order valence-corrected chi connectivity index (χ4v) is 1.87. The van der Waals surface area contributed by atoms with Crippen LogP contribution in [-0.4, -0.2) is 51.8 Å². The first-order valence-corrected chi connectivity index (χ1v) is 6.21. The van der Waals surface area contributed by atoms with Gasteiger partial charge in [0.25, 0.3) is 0 Å². The van der Waals surface area contributed by atoms with Crippen LogP contribution in [0.3, 0.4) is 0 Å². The molecule has 0 amide bonds. The summed E-state index contributed by atoms with van der Waals surface area (Å²) in [6.45, 7) is 2.13. The van der Waals surface area contributed by atoms with Crippen molar-refractivity contribution in [2.75, 3.05) is 20.1 Å². The minimum atomic E-state index is -0.305. The van der Waals surface area contributed by atoms with E-state index in [0.29, 0.717) is 19.1 Å². The van der Waals surface area contributed by atoms with Crippen LogP contribution in [0.1, 0.15) is 18.7 Å². The highest BCUT2D eigenvalue weighted by atomic mass is 16.3. The highest BCUT2D eigenvalue weighted by molar-refractivity contribution is 4.91. The molecular weight excluding hydrogens is 216 g/mol. The zero-order valence-electron chi connectivity index (χ0n) is 10.6. The zero-order chi connectivity index (χ0) is 12.3. The number of aliphatic hydroxyl groups is 1. The highest BCUT2D eigenvalue weighted by Gasteiger charge is 2.21. The van der Waals surface area contributed by atoms with E-state index in [1.165, 1.54) is 12.8 Å². The molecule has 0 aromatic carbocycles. The van der Waals surface area contributed by atoms with E-state index in [4.69, 9.17) is 0 Å². The Labute approximate surface area is 102 Å². The van der Waals surface area contributed by atoms with E-state index >= 15 is 0 Å². The monoisotopic (exact) mass is 238 g/mol. The van der Waals surface area contributed by atoms with Gasteiger partial charge in [-0.3, -0.25) is 4.90 Å².